The van der Waals surface area contributed by atoms with Gasteiger partial charge < -0.3 is 10.1 Å². The van der Waals surface area contributed by atoms with Crippen molar-refractivity contribution in [2.45, 2.75) is 52.5 Å². The molecule has 0 aliphatic heterocycles. The summed E-state index contributed by atoms with van der Waals surface area (Å²) in [5.74, 6) is 0.00503. The number of nitrogens with one attached hydrogen (secondary N) is 1. The molecule has 0 bridgehead atoms. The van der Waals surface area contributed by atoms with Crippen molar-refractivity contribution < 1.29 is 14.3 Å². The van der Waals surface area contributed by atoms with E-state index in [4.69, 9.17) is 4.74 Å². The SMILES string of the molecule is CC1CCc2sc(C(=O)OCC(=O)NC(C)(C)C)cc2C1. The van der Waals surface area contributed by atoms with E-state index in [1.807, 2.05) is 26.8 Å². The van der Waals surface area contributed by atoms with Crippen LogP contribution in [0.5, 0.6) is 0 Å². The highest BCUT2D eigenvalue weighted by atomic mass is 32.1. The van der Waals surface area contributed by atoms with Gasteiger partial charge in [0.15, 0.2) is 6.61 Å². The van der Waals surface area contributed by atoms with Crippen LogP contribution in [0, 0.1) is 5.92 Å². The van der Waals surface area contributed by atoms with E-state index >= 15 is 0 Å². The molecule has 1 heterocycles. The number of thiophene rings is 1. The maximum absolute atomic E-state index is 12.0. The van der Waals surface area contributed by atoms with Gasteiger partial charge in [-0.15, -0.1) is 11.3 Å². The van der Waals surface area contributed by atoms with Gasteiger partial charge in [0.25, 0.3) is 5.91 Å². The van der Waals surface area contributed by atoms with Crippen molar-refractivity contribution in [3.63, 3.8) is 0 Å². The molecule has 1 aliphatic carbocycles. The Labute approximate surface area is 129 Å². The minimum atomic E-state index is -0.397. The second kappa shape index (κ2) is 6.18. The second-order valence-corrected chi connectivity index (χ2v) is 7.92. The van der Waals surface area contributed by atoms with E-state index < -0.39 is 5.97 Å². The van der Waals surface area contributed by atoms with Gasteiger partial charge in [-0.2, -0.15) is 0 Å². The lowest BCUT2D eigenvalue weighted by Gasteiger charge is -2.20. The zero-order valence-electron chi connectivity index (χ0n) is 13.1. The average molecular weight is 309 g/mol. The van der Waals surface area contributed by atoms with Crippen LogP contribution in [-0.4, -0.2) is 24.0 Å². The summed E-state index contributed by atoms with van der Waals surface area (Å²) in [5.41, 5.74) is 0.951. The average Bonchev–Trinajstić information content (AvgIpc) is 2.76. The first-order chi connectivity index (χ1) is 9.74. The molecule has 1 amide bonds. The van der Waals surface area contributed by atoms with E-state index in [2.05, 4.69) is 12.2 Å². The van der Waals surface area contributed by atoms with Gasteiger partial charge in [-0.1, -0.05) is 6.92 Å². The van der Waals surface area contributed by atoms with Crippen molar-refractivity contribution in [2.75, 3.05) is 6.61 Å². The third kappa shape index (κ3) is 4.56. The highest BCUT2D eigenvalue weighted by Crippen LogP contribution is 2.32. The van der Waals surface area contributed by atoms with Crippen LogP contribution in [0.1, 0.15) is 54.2 Å². The Balaban J connectivity index is 1.91. The smallest absolute Gasteiger partial charge is 0.348 e. The van der Waals surface area contributed by atoms with Gasteiger partial charge in [-0.05, 0) is 57.6 Å². The first-order valence-corrected chi connectivity index (χ1v) is 8.16. The standard InChI is InChI=1S/C16H23NO3S/c1-10-5-6-12-11(7-10)8-13(21-12)15(19)20-9-14(18)17-16(2,3)4/h8,10H,5-7,9H2,1-4H3,(H,17,18). The van der Waals surface area contributed by atoms with Crippen molar-refractivity contribution >= 4 is 23.2 Å². The van der Waals surface area contributed by atoms with Gasteiger partial charge in [0, 0.05) is 10.4 Å². The molecule has 4 nitrogen and oxygen atoms in total. The molecule has 0 spiro atoms. The fourth-order valence-electron chi connectivity index (χ4n) is 2.46. The van der Waals surface area contributed by atoms with Gasteiger partial charge in [-0.3, -0.25) is 4.79 Å². The molecule has 0 saturated heterocycles. The van der Waals surface area contributed by atoms with Gasteiger partial charge in [0.1, 0.15) is 4.88 Å². The van der Waals surface area contributed by atoms with Crippen molar-refractivity contribution in [2.24, 2.45) is 5.92 Å². The molecule has 21 heavy (non-hydrogen) atoms. The van der Waals surface area contributed by atoms with E-state index in [1.54, 1.807) is 0 Å². The summed E-state index contributed by atoms with van der Waals surface area (Å²) in [7, 11) is 0. The number of carbonyl (C=O) groups excluding carboxylic acids is 2. The van der Waals surface area contributed by atoms with Crippen molar-refractivity contribution in [3.8, 4) is 0 Å². The van der Waals surface area contributed by atoms with Crippen LogP contribution >= 0.6 is 11.3 Å². The number of aryl methyl sites for hydroxylation is 1. The van der Waals surface area contributed by atoms with Crippen molar-refractivity contribution in [1.29, 1.82) is 0 Å². The molecule has 1 aromatic rings. The normalized spacial score (nSPS) is 18.0. The molecule has 0 fully saturated rings. The Morgan fingerprint density at radius 2 is 2.14 bits per heavy atom. The topological polar surface area (TPSA) is 55.4 Å². The van der Waals surface area contributed by atoms with Crippen LogP contribution in [0.3, 0.4) is 0 Å². The van der Waals surface area contributed by atoms with Crippen LogP contribution in [0.2, 0.25) is 0 Å². The first-order valence-electron chi connectivity index (χ1n) is 7.34. The molecule has 5 heteroatoms. The number of fused-ring (bicyclic) bond motifs is 1. The number of hydrogen-bond acceptors (Lipinski definition) is 4. The lowest BCUT2D eigenvalue weighted by molar-refractivity contribution is -0.125. The summed E-state index contributed by atoms with van der Waals surface area (Å²) in [5, 5.41) is 2.77. The van der Waals surface area contributed by atoms with E-state index in [-0.39, 0.29) is 18.1 Å². The third-order valence-electron chi connectivity index (χ3n) is 3.38. The highest BCUT2D eigenvalue weighted by Gasteiger charge is 2.22. The number of hydrogen-bond donors (Lipinski definition) is 1. The molecule has 1 aromatic heterocycles. The molecule has 1 unspecified atom stereocenters. The molecule has 0 aromatic carbocycles. The largest absolute Gasteiger partial charge is 0.451 e. The second-order valence-electron chi connectivity index (χ2n) is 6.78. The first kappa shape index (κ1) is 16.0. The van der Waals surface area contributed by atoms with Crippen LogP contribution in [0.25, 0.3) is 0 Å². The molecular formula is C16H23NO3S. The monoisotopic (exact) mass is 309 g/mol. The minimum Gasteiger partial charge on any atom is -0.451 e. The maximum Gasteiger partial charge on any atom is 0.348 e. The zero-order valence-corrected chi connectivity index (χ0v) is 13.9. The molecule has 0 saturated carbocycles. The molecule has 0 radical (unpaired) electrons. The Bertz CT molecular complexity index is 542. The molecule has 1 atom stereocenters. The van der Waals surface area contributed by atoms with Crippen molar-refractivity contribution in [1.82, 2.24) is 5.32 Å². The lowest BCUT2D eigenvalue weighted by Crippen LogP contribution is -2.42. The van der Waals surface area contributed by atoms with E-state index in [9.17, 15) is 9.59 Å². The van der Waals surface area contributed by atoms with Crippen LogP contribution in [0.15, 0.2) is 6.07 Å². The quantitative estimate of drug-likeness (QED) is 0.873. The van der Waals surface area contributed by atoms with Crippen LogP contribution in [0.4, 0.5) is 0 Å². The zero-order chi connectivity index (χ0) is 15.6. The van der Waals surface area contributed by atoms with Crippen molar-refractivity contribution in [3.05, 3.63) is 21.4 Å². The number of esters is 1. The Hall–Kier alpha value is -1.36. The number of rotatable bonds is 3. The summed E-state index contributed by atoms with van der Waals surface area (Å²) in [6.07, 6.45) is 3.25. The summed E-state index contributed by atoms with van der Waals surface area (Å²) in [6.45, 7) is 7.67. The van der Waals surface area contributed by atoms with E-state index in [0.717, 1.165) is 12.8 Å². The Morgan fingerprint density at radius 3 is 2.81 bits per heavy atom. The summed E-state index contributed by atoms with van der Waals surface area (Å²) < 4.78 is 5.10. The minimum absolute atomic E-state index is 0.227. The highest BCUT2D eigenvalue weighted by molar-refractivity contribution is 7.14. The Kier molecular flexibility index (Phi) is 4.71. The van der Waals surface area contributed by atoms with Crippen LogP contribution in [-0.2, 0) is 22.4 Å². The van der Waals surface area contributed by atoms with Gasteiger partial charge in [0.2, 0.25) is 0 Å². The molecule has 116 valence electrons. The lowest BCUT2D eigenvalue weighted by atomic mass is 9.90. The van der Waals surface area contributed by atoms with Gasteiger partial charge >= 0.3 is 5.97 Å². The molecular weight excluding hydrogens is 286 g/mol. The predicted molar refractivity (Wildman–Crippen MR) is 83.7 cm³/mol. The van der Waals surface area contributed by atoms with Crippen LogP contribution < -0.4 is 5.32 Å². The third-order valence-corrected chi connectivity index (χ3v) is 4.60. The molecule has 1 aliphatic rings. The Morgan fingerprint density at radius 1 is 1.43 bits per heavy atom. The van der Waals surface area contributed by atoms with E-state index in [1.165, 1.54) is 28.2 Å². The fraction of sp³-hybridized carbons (Fsp3) is 0.625. The molecule has 1 N–H and O–H groups in total. The van der Waals surface area contributed by atoms with Gasteiger partial charge in [-0.25, -0.2) is 4.79 Å². The maximum atomic E-state index is 12.0. The summed E-state index contributed by atoms with van der Waals surface area (Å²) in [4.78, 5) is 25.6. The number of amides is 1. The number of carbonyl (C=O) groups is 2. The van der Waals surface area contributed by atoms with E-state index in [0.29, 0.717) is 10.8 Å². The summed E-state index contributed by atoms with van der Waals surface area (Å²) >= 11 is 1.50. The predicted octanol–water partition coefficient (Wildman–Crippen LogP) is 2.94. The summed E-state index contributed by atoms with van der Waals surface area (Å²) in [6, 6.07) is 1.93. The molecule has 2 rings (SSSR count). The van der Waals surface area contributed by atoms with Gasteiger partial charge in [0.05, 0.1) is 0 Å². The number of ether oxygens (including phenoxy) is 1. The fourth-order valence-corrected chi connectivity index (χ4v) is 3.57.